The molecule has 5 nitrogen and oxygen atoms in total. The van der Waals surface area contributed by atoms with Crippen LogP contribution in [-0.4, -0.2) is 32.8 Å². The number of carbonyl (C=O) groups is 1. The maximum atomic E-state index is 12.3. The van der Waals surface area contributed by atoms with Crippen molar-refractivity contribution in [2.75, 3.05) is 26.9 Å². The fourth-order valence-corrected chi connectivity index (χ4v) is 2.59. The molecule has 1 N–H and O–H groups in total. The largest absolute Gasteiger partial charge is 0.494 e. The van der Waals surface area contributed by atoms with Crippen LogP contribution in [0.3, 0.4) is 0 Å². The predicted octanol–water partition coefficient (Wildman–Crippen LogP) is 4.25. The van der Waals surface area contributed by atoms with E-state index in [1.54, 1.807) is 25.3 Å². The van der Waals surface area contributed by atoms with Gasteiger partial charge in [0, 0.05) is 12.1 Å². The Kier molecular flexibility index (Phi) is 8.49. The number of hydrogen-bond donors (Lipinski definition) is 1. The van der Waals surface area contributed by atoms with E-state index in [0.717, 1.165) is 37.2 Å². The van der Waals surface area contributed by atoms with Gasteiger partial charge in [0.15, 0.2) is 11.5 Å². The van der Waals surface area contributed by atoms with Crippen LogP contribution >= 0.6 is 0 Å². The van der Waals surface area contributed by atoms with Crippen LogP contribution in [0.5, 0.6) is 17.2 Å². The summed E-state index contributed by atoms with van der Waals surface area (Å²) in [7, 11) is 1.56. The number of methoxy groups -OCH3 is 1. The van der Waals surface area contributed by atoms with Crippen LogP contribution < -0.4 is 19.5 Å². The summed E-state index contributed by atoms with van der Waals surface area (Å²) in [5, 5.41) is 2.94. The second-order valence-electron chi connectivity index (χ2n) is 6.15. The minimum Gasteiger partial charge on any atom is -0.494 e. The maximum absolute atomic E-state index is 12.3. The van der Waals surface area contributed by atoms with Gasteiger partial charge in [-0.25, -0.2) is 0 Å². The monoisotopic (exact) mass is 371 g/mol. The van der Waals surface area contributed by atoms with E-state index in [9.17, 15) is 4.79 Å². The summed E-state index contributed by atoms with van der Waals surface area (Å²) in [6, 6.07) is 13.2. The number of ether oxygens (including phenoxy) is 3. The summed E-state index contributed by atoms with van der Waals surface area (Å²) in [6.45, 7) is 5.90. The number of nitrogens with one attached hydrogen (secondary N) is 1. The van der Waals surface area contributed by atoms with Crippen molar-refractivity contribution in [2.45, 2.75) is 33.1 Å². The Morgan fingerprint density at radius 1 is 1.00 bits per heavy atom. The van der Waals surface area contributed by atoms with Gasteiger partial charge < -0.3 is 19.5 Å². The van der Waals surface area contributed by atoms with E-state index >= 15 is 0 Å². The first-order valence-corrected chi connectivity index (χ1v) is 9.48. The lowest BCUT2D eigenvalue weighted by Gasteiger charge is -2.11. The molecule has 0 aromatic heterocycles. The molecule has 5 heteroatoms. The molecule has 1 amide bonds. The molecule has 146 valence electrons. The normalized spacial score (nSPS) is 10.3. The number of hydrogen-bond acceptors (Lipinski definition) is 4. The minimum atomic E-state index is -0.129. The first kappa shape index (κ1) is 20.6. The highest BCUT2D eigenvalue weighted by atomic mass is 16.5. The van der Waals surface area contributed by atoms with Crippen LogP contribution in [0.25, 0.3) is 0 Å². The molecule has 0 fully saturated rings. The molecule has 0 saturated heterocycles. The smallest absolute Gasteiger partial charge is 0.251 e. The topological polar surface area (TPSA) is 56.8 Å². The second-order valence-corrected chi connectivity index (χ2v) is 6.15. The van der Waals surface area contributed by atoms with Crippen LogP contribution in [0.15, 0.2) is 42.5 Å². The Hall–Kier alpha value is -2.69. The van der Waals surface area contributed by atoms with Gasteiger partial charge in [-0.3, -0.25) is 4.79 Å². The Balaban J connectivity index is 1.83. The Labute approximate surface area is 161 Å². The number of rotatable bonds is 11. The molecular weight excluding hydrogens is 342 g/mol. The Bertz CT molecular complexity index is 713. The summed E-state index contributed by atoms with van der Waals surface area (Å²) >= 11 is 0. The SMILES string of the molecule is CCCCOc1ccc(CCNC(=O)c2ccc(OCC)c(OC)c2)cc1. The van der Waals surface area contributed by atoms with Gasteiger partial charge in [-0.15, -0.1) is 0 Å². The van der Waals surface area contributed by atoms with Crippen molar-refractivity contribution in [3.8, 4) is 17.2 Å². The summed E-state index contributed by atoms with van der Waals surface area (Å²) in [4.78, 5) is 12.3. The van der Waals surface area contributed by atoms with Crippen molar-refractivity contribution in [2.24, 2.45) is 0 Å². The number of benzene rings is 2. The minimum absolute atomic E-state index is 0.129. The van der Waals surface area contributed by atoms with Crippen LogP contribution in [0.1, 0.15) is 42.6 Å². The van der Waals surface area contributed by atoms with Crippen molar-refractivity contribution in [1.29, 1.82) is 0 Å². The van der Waals surface area contributed by atoms with E-state index in [0.29, 0.717) is 30.2 Å². The number of amides is 1. The van der Waals surface area contributed by atoms with E-state index < -0.39 is 0 Å². The second kappa shape index (κ2) is 11.1. The standard InChI is InChI=1S/C22H29NO4/c1-4-6-15-27-19-10-7-17(8-11-19)13-14-23-22(24)18-9-12-20(26-5-2)21(16-18)25-3/h7-12,16H,4-6,13-15H2,1-3H3,(H,23,24). The average Bonchev–Trinajstić information content (AvgIpc) is 2.70. The number of unbranched alkanes of at least 4 members (excludes halogenated alkanes) is 1. The van der Waals surface area contributed by atoms with Crippen molar-refractivity contribution in [1.82, 2.24) is 5.32 Å². The summed E-state index contributed by atoms with van der Waals surface area (Å²) in [5.74, 6) is 1.95. The average molecular weight is 371 g/mol. The fraction of sp³-hybridized carbons (Fsp3) is 0.409. The first-order chi connectivity index (χ1) is 13.2. The van der Waals surface area contributed by atoms with Gasteiger partial charge >= 0.3 is 0 Å². The maximum Gasteiger partial charge on any atom is 0.251 e. The lowest BCUT2D eigenvalue weighted by molar-refractivity contribution is 0.0953. The van der Waals surface area contributed by atoms with Gasteiger partial charge in [0.1, 0.15) is 5.75 Å². The molecule has 0 spiro atoms. The summed E-state index contributed by atoms with van der Waals surface area (Å²) in [5.41, 5.74) is 1.71. The van der Waals surface area contributed by atoms with Gasteiger partial charge in [-0.1, -0.05) is 25.5 Å². The first-order valence-electron chi connectivity index (χ1n) is 9.48. The molecule has 0 unspecified atom stereocenters. The third-order valence-electron chi connectivity index (χ3n) is 4.11. The van der Waals surface area contributed by atoms with Crippen LogP contribution in [0, 0.1) is 0 Å². The van der Waals surface area contributed by atoms with E-state index in [1.165, 1.54) is 0 Å². The zero-order valence-electron chi connectivity index (χ0n) is 16.4. The molecule has 0 aliphatic carbocycles. The van der Waals surface area contributed by atoms with E-state index in [4.69, 9.17) is 14.2 Å². The Morgan fingerprint density at radius 2 is 1.78 bits per heavy atom. The predicted molar refractivity (Wildman–Crippen MR) is 107 cm³/mol. The quantitative estimate of drug-likeness (QED) is 0.600. The summed E-state index contributed by atoms with van der Waals surface area (Å²) in [6.07, 6.45) is 2.94. The Morgan fingerprint density at radius 3 is 2.44 bits per heavy atom. The molecule has 27 heavy (non-hydrogen) atoms. The molecule has 2 aromatic rings. The molecule has 0 bridgehead atoms. The van der Waals surface area contributed by atoms with E-state index in [-0.39, 0.29) is 5.91 Å². The van der Waals surface area contributed by atoms with Crippen molar-refractivity contribution in [3.05, 3.63) is 53.6 Å². The van der Waals surface area contributed by atoms with E-state index in [1.807, 2.05) is 31.2 Å². The van der Waals surface area contributed by atoms with Crippen LogP contribution in [0.2, 0.25) is 0 Å². The molecule has 2 rings (SSSR count). The van der Waals surface area contributed by atoms with Gasteiger partial charge in [0.2, 0.25) is 0 Å². The van der Waals surface area contributed by atoms with Gasteiger partial charge in [-0.2, -0.15) is 0 Å². The zero-order valence-corrected chi connectivity index (χ0v) is 16.4. The molecule has 0 aliphatic heterocycles. The summed E-state index contributed by atoms with van der Waals surface area (Å²) < 4.78 is 16.4. The van der Waals surface area contributed by atoms with Crippen LogP contribution in [-0.2, 0) is 6.42 Å². The van der Waals surface area contributed by atoms with Crippen molar-refractivity contribution < 1.29 is 19.0 Å². The highest BCUT2D eigenvalue weighted by Gasteiger charge is 2.10. The van der Waals surface area contributed by atoms with Crippen molar-refractivity contribution >= 4 is 5.91 Å². The third-order valence-corrected chi connectivity index (χ3v) is 4.11. The highest BCUT2D eigenvalue weighted by Crippen LogP contribution is 2.28. The highest BCUT2D eigenvalue weighted by molar-refractivity contribution is 5.94. The zero-order chi connectivity index (χ0) is 19.5. The van der Waals surface area contributed by atoms with Crippen molar-refractivity contribution in [3.63, 3.8) is 0 Å². The van der Waals surface area contributed by atoms with Gasteiger partial charge in [0.05, 0.1) is 20.3 Å². The molecule has 0 radical (unpaired) electrons. The molecule has 2 aromatic carbocycles. The molecule has 0 atom stereocenters. The lowest BCUT2D eigenvalue weighted by Crippen LogP contribution is -2.25. The molecule has 0 aliphatic rings. The van der Waals surface area contributed by atoms with Gasteiger partial charge in [0.25, 0.3) is 5.91 Å². The molecule has 0 saturated carbocycles. The number of carbonyl (C=O) groups excluding carboxylic acids is 1. The lowest BCUT2D eigenvalue weighted by atomic mass is 10.1. The molecular formula is C22H29NO4. The third kappa shape index (κ3) is 6.51. The van der Waals surface area contributed by atoms with E-state index in [2.05, 4.69) is 12.2 Å². The molecule has 0 heterocycles. The van der Waals surface area contributed by atoms with Gasteiger partial charge in [-0.05, 0) is 55.7 Å². The van der Waals surface area contributed by atoms with Crippen LogP contribution in [0.4, 0.5) is 0 Å². The fourth-order valence-electron chi connectivity index (χ4n) is 2.59.